The van der Waals surface area contributed by atoms with Crippen LogP contribution in [0.3, 0.4) is 0 Å². The number of carbonyl (C=O) groups excluding carboxylic acids is 1. The molecule has 0 bridgehead atoms. The van der Waals surface area contributed by atoms with E-state index < -0.39 is 0 Å². The fraction of sp³-hybridized carbons (Fsp3) is 0.455. The highest BCUT2D eigenvalue weighted by molar-refractivity contribution is 6.34. The van der Waals surface area contributed by atoms with Crippen molar-refractivity contribution in [2.45, 2.75) is 19.4 Å². The molecule has 1 amide bonds. The molecule has 1 aromatic heterocycles. The SMILES string of the molecule is CCN1CCN(CC(=O)N2N=C(c3ccccc3Cl)C[C@@H]2c2cccn2C)CC1. The highest BCUT2D eigenvalue weighted by Gasteiger charge is 2.35. The number of aromatic nitrogens is 1. The minimum atomic E-state index is -0.106. The van der Waals surface area contributed by atoms with E-state index in [0.717, 1.165) is 49.7 Å². The van der Waals surface area contributed by atoms with Crippen molar-refractivity contribution in [1.29, 1.82) is 0 Å². The van der Waals surface area contributed by atoms with Crippen LogP contribution >= 0.6 is 11.6 Å². The molecule has 3 heterocycles. The highest BCUT2D eigenvalue weighted by atomic mass is 35.5. The molecule has 4 rings (SSSR count). The number of likely N-dealkylation sites (N-methyl/N-ethyl adjacent to an activating group) is 1. The monoisotopic (exact) mass is 413 g/mol. The van der Waals surface area contributed by atoms with Gasteiger partial charge in [0, 0.05) is 62.1 Å². The summed E-state index contributed by atoms with van der Waals surface area (Å²) in [7, 11) is 2.01. The molecule has 1 fully saturated rings. The van der Waals surface area contributed by atoms with Crippen molar-refractivity contribution < 1.29 is 4.79 Å². The van der Waals surface area contributed by atoms with Crippen molar-refractivity contribution in [3.63, 3.8) is 0 Å². The van der Waals surface area contributed by atoms with Gasteiger partial charge in [-0.05, 0) is 24.7 Å². The second-order valence-electron chi connectivity index (χ2n) is 7.74. The van der Waals surface area contributed by atoms with Crippen LogP contribution in [-0.2, 0) is 11.8 Å². The first-order valence-electron chi connectivity index (χ1n) is 10.3. The molecule has 7 heteroatoms. The zero-order chi connectivity index (χ0) is 20.4. The quantitative estimate of drug-likeness (QED) is 0.756. The number of nitrogens with zero attached hydrogens (tertiary/aromatic N) is 5. The van der Waals surface area contributed by atoms with Crippen LogP contribution in [0.4, 0.5) is 0 Å². The Morgan fingerprint density at radius 2 is 1.83 bits per heavy atom. The average molecular weight is 414 g/mol. The molecule has 0 saturated carbocycles. The molecule has 0 N–H and O–H groups in total. The fourth-order valence-electron chi connectivity index (χ4n) is 4.18. The van der Waals surface area contributed by atoms with Gasteiger partial charge in [0.1, 0.15) is 6.04 Å². The van der Waals surface area contributed by atoms with Gasteiger partial charge < -0.3 is 9.47 Å². The number of rotatable bonds is 5. The molecule has 0 radical (unpaired) electrons. The lowest BCUT2D eigenvalue weighted by Crippen LogP contribution is -2.49. The van der Waals surface area contributed by atoms with E-state index in [-0.39, 0.29) is 11.9 Å². The summed E-state index contributed by atoms with van der Waals surface area (Å²) in [6, 6.07) is 11.7. The maximum absolute atomic E-state index is 13.3. The lowest BCUT2D eigenvalue weighted by atomic mass is 10.0. The van der Waals surface area contributed by atoms with Crippen molar-refractivity contribution in [3.05, 3.63) is 58.9 Å². The molecule has 2 aliphatic rings. The summed E-state index contributed by atoms with van der Waals surface area (Å²) >= 11 is 6.42. The summed E-state index contributed by atoms with van der Waals surface area (Å²) in [6.07, 6.45) is 2.67. The molecule has 6 nitrogen and oxygen atoms in total. The number of halogens is 1. The van der Waals surface area contributed by atoms with Gasteiger partial charge in [-0.1, -0.05) is 36.7 Å². The molecule has 0 spiro atoms. The summed E-state index contributed by atoms with van der Waals surface area (Å²) in [6.45, 7) is 7.51. The van der Waals surface area contributed by atoms with Crippen molar-refractivity contribution in [1.82, 2.24) is 19.4 Å². The van der Waals surface area contributed by atoms with Crippen molar-refractivity contribution in [3.8, 4) is 0 Å². The van der Waals surface area contributed by atoms with E-state index in [2.05, 4.69) is 27.4 Å². The lowest BCUT2D eigenvalue weighted by molar-refractivity contribution is -0.134. The molecule has 0 unspecified atom stereocenters. The number of carbonyl (C=O) groups is 1. The predicted molar refractivity (Wildman–Crippen MR) is 116 cm³/mol. The first-order chi connectivity index (χ1) is 14.1. The van der Waals surface area contributed by atoms with E-state index in [0.29, 0.717) is 18.0 Å². The number of piperazine rings is 1. The number of amides is 1. The van der Waals surface area contributed by atoms with Crippen LogP contribution in [0.1, 0.15) is 30.6 Å². The van der Waals surface area contributed by atoms with Crippen LogP contribution in [0.5, 0.6) is 0 Å². The largest absolute Gasteiger partial charge is 0.353 e. The molecule has 0 aliphatic carbocycles. The van der Waals surface area contributed by atoms with Crippen LogP contribution in [0.25, 0.3) is 0 Å². The van der Waals surface area contributed by atoms with E-state index in [1.54, 1.807) is 5.01 Å². The lowest BCUT2D eigenvalue weighted by Gasteiger charge is -2.34. The maximum atomic E-state index is 13.3. The number of hydrogen-bond acceptors (Lipinski definition) is 4. The zero-order valence-corrected chi connectivity index (χ0v) is 17.8. The van der Waals surface area contributed by atoms with Crippen LogP contribution < -0.4 is 0 Å². The third-order valence-corrected chi connectivity index (χ3v) is 6.28. The maximum Gasteiger partial charge on any atom is 0.257 e. The fourth-order valence-corrected chi connectivity index (χ4v) is 4.42. The van der Waals surface area contributed by atoms with E-state index in [1.807, 2.05) is 43.6 Å². The third-order valence-electron chi connectivity index (χ3n) is 5.95. The van der Waals surface area contributed by atoms with Crippen LogP contribution in [0.2, 0.25) is 5.02 Å². The van der Waals surface area contributed by atoms with Gasteiger partial charge in [0.2, 0.25) is 0 Å². The van der Waals surface area contributed by atoms with E-state index in [9.17, 15) is 4.79 Å². The Labute approximate surface area is 177 Å². The first kappa shape index (κ1) is 20.1. The van der Waals surface area contributed by atoms with Gasteiger partial charge in [0.05, 0.1) is 12.3 Å². The Kier molecular flexibility index (Phi) is 6.04. The Morgan fingerprint density at radius 3 is 2.48 bits per heavy atom. The van der Waals surface area contributed by atoms with Crippen molar-refractivity contribution >= 4 is 23.2 Å². The molecule has 2 aromatic rings. The smallest absolute Gasteiger partial charge is 0.257 e. The summed E-state index contributed by atoms with van der Waals surface area (Å²) < 4.78 is 2.07. The Morgan fingerprint density at radius 1 is 1.10 bits per heavy atom. The standard InChI is InChI=1S/C22H28ClN5O/c1-3-26-11-13-27(14-12-26)16-22(29)28-21(20-9-6-10-25(20)2)15-19(24-28)17-7-4-5-8-18(17)23/h4-10,21H,3,11-16H2,1-2H3/t21-/m1/s1. The Bertz CT molecular complexity index is 900. The van der Waals surface area contributed by atoms with Gasteiger partial charge in [0.25, 0.3) is 5.91 Å². The van der Waals surface area contributed by atoms with E-state index in [4.69, 9.17) is 16.7 Å². The molecule has 29 heavy (non-hydrogen) atoms. The summed E-state index contributed by atoms with van der Waals surface area (Å²) in [4.78, 5) is 17.9. The third kappa shape index (κ3) is 4.25. The molecular formula is C22H28ClN5O. The molecular weight excluding hydrogens is 386 g/mol. The Balaban J connectivity index is 1.56. The molecule has 2 aliphatic heterocycles. The van der Waals surface area contributed by atoms with Crippen molar-refractivity contribution in [2.75, 3.05) is 39.3 Å². The van der Waals surface area contributed by atoms with Gasteiger partial charge in [-0.3, -0.25) is 9.69 Å². The van der Waals surface area contributed by atoms with Crippen LogP contribution in [0.15, 0.2) is 47.7 Å². The predicted octanol–water partition coefficient (Wildman–Crippen LogP) is 2.99. The minimum Gasteiger partial charge on any atom is -0.353 e. The van der Waals surface area contributed by atoms with E-state index in [1.165, 1.54) is 0 Å². The zero-order valence-electron chi connectivity index (χ0n) is 17.1. The normalized spacial score (nSPS) is 20.9. The second-order valence-corrected chi connectivity index (χ2v) is 8.15. The highest BCUT2D eigenvalue weighted by Crippen LogP contribution is 2.34. The number of hydrazone groups is 1. The van der Waals surface area contributed by atoms with E-state index >= 15 is 0 Å². The number of hydrogen-bond donors (Lipinski definition) is 0. The van der Waals surface area contributed by atoms with Gasteiger partial charge in [0.15, 0.2) is 0 Å². The number of benzene rings is 1. The van der Waals surface area contributed by atoms with Gasteiger partial charge in [-0.2, -0.15) is 5.10 Å². The van der Waals surface area contributed by atoms with Gasteiger partial charge in [-0.15, -0.1) is 0 Å². The molecule has 154 valence electrons. The minimum absolute atomic E-state index is 0.0446. The second kappa shape index (κ2) is 8.69. The van der Waals surface area contributed by atoms with Gasteiger partial charge in [-0.25, -0.2) is 5.01 Å². The first-order valence-corrected chi connectivity index (χ1v) is 10.6. The molecule has 1 aromatic carbocycles. The molecule has 1 atom stereocenters. The number of aryl methyl sites for hydroxylation is 1. The topological polar surface area (TPSA) is 44.1 Å². The van der Waals surface area contributed by atoms with Crippen molar-refractivity contribution in [2.24, 2.45) is 12.1 Å². The summed E-state index contributed by atoms with van der Waals surface area (Å²) in [5.41, 5.74) is 2.85. The molecule has 1 saturated heterocycles. The van der Waals surface area contributed by atoms with Crippen LogP contribution in [0, 0.1) is 0 Å². The van der Waals surface area contributed by atoms with Gasteiger partial charge >= 0.3 is 0 Å². The average Bonchev–Trinajstić information content (AvgIpc) is 3.35. The Hall–Kier alpha value is -2.15. The summed E-state index contributed by atoms with van der Waals surface area (Å²) in [5.74, 6) is 0.0446. The van der Waals surface area contributed by atoms with Crippen LogP contribution in [-0.4, -0.2) is 70.3 Å². The summed E-state index contributed by atoms with van der Waals surface area (Å²) in [5, 5.41) is 7.11.